The molecule has 2 heterocycles. The van der Waals surface area contributed by atoms with Crippen LogP contribution in [0.25, 0.3) is 0 Å². The summed E-state index contributed by atoms with van der Waals surface area (Å²) in [5, 5.41) is 0. The van der Waals surface area contributed by atoms with E-state index in [0.717, 1.165) is 0 Å². The summed E-state index contributed by atoms with van der Waals surface area (Å²) in [5.74, 6) is 0. The summed E-state index contributed by atoms with van der Waals surface area (Å²) in [5.41, 5.74) is 1.62. The van der Waals surface area contributed by atoms with Crippen molar-refractivity contribution in [3.8, 4) is 0 Å². The number of hydrogen-bond donors (Lipinski definition) is 0. The van der Waals surface area contributed by atoms with Crippen molar-refractivity contribution in [2.45, 2.75) is 51.6 Å². The van der Waals surface area contributed by atoms with Crippen molar-refractivity contribution in [2.24, 2.45) is 0 Å². The highest BCUT2D eigenvalue weighted by molar-refractivity contribution is 5.15. The van der Waals surface area contributed by atoms with Gasteiger partial charge in [0.05, 0.1) is 0 Å². The van der Waals surface area contributed by atoms with Gasteiger partial charge in [-0.05, 0) is 51.8 Å². The first kappa shape index (κ1) is 11.6. The number of rotatable bonds is 1. The molecule has 0 aromatic carbocycles. The molecule has 16 heavy (non-hydrogen) atoms. The van der Waals surface area contributed by atoms with Gasteiger partial charge < -0.3 is 0 Å². The molecule has 0 amide bonds. The van der Waals surface area contributed by atoms with Gasteiger partial charge >= 0.3 is 0 Å². The summed E-state index contributed by atoms with van der Waals surface area (Å²) >= 11 is 0. The zero-order chi connectivity index (χ0) is 11.6. The predicted octanol–water partition coefficient (Wildman–Crippen LogP) is 3.41. The topological polar surface area (TPSA) is 16.1 Å². The van der Waals surface area contributed by atoms with Gasteiger partial charge in [0, 0.05) is 24.0 Å². The Morgan fingerprint density at radius 1 is 1.31 bits per heavy atom. The Hall–Kier alpha value is -0.890. The molecule has 2 rings (SSSR count). The van der Waals surface area contributed by atoms with Gasteiger partial charge in [-0.2, -0.15) is 0 Å². The molecule has 1 aromatic rings. The van der Waals surface area contributed by atoms with Crippen LogP contribution >= 0.6 is 0 Å². The second-order valence-electron chi connectivity index (χ2n) is 5.66. The fraction of sp³-hybridized carbons (Fsp3) is 0.643. The largest absolute Gasteiger partial charge is 0.291 e. The van der Waals surface area contributed by atoms with Gasteiger partial charge in [-0.3, -0.25) is 9.88 Å². The first-order valence-corrected chi connectivity index (χ1v) is 6.26. The molecule has 0 saturated carbocycles. The molecule has 0 spiro atoms. The lowest BCUT2D eigenvalue weighted by Gasteiger charge is -2.44. The molecule has 0 N–H and O–H groups in total. The molecule has 0 radical (unpaired) electrons. The average molecular weight is 218 g/mol. The Bertz CT molecular complexity index is 326. The monoisotopic (exact) mass is 218 g/mol. The minimum absolute atomic E-state index is 0.251. The molecule has 1 atom stereocenters. The zero-order valence-corrected chi connectivity index (χ0v) is 10.6. The van der Waals surface area contributed by atoms with Crippen LogP contribution in [0.4, 0.5) is 0 Å². The van der Waals surface area contributed by atoms with E-state index in [1.807, 2.05) is 18.5 Å². The van der Waals surface area contributed by atoms with Crippen LogP contribution in [0.1, 0.15) is 51.6 Å². The van der Waals surface area contributed by atoms with Crippen molar-refractivity contribution >= 4 is 0 Å². The highest BCUT2D eigenvalue weighted by atomic mass is 15.2. The van der Waals surface area contributed by atoms with E-state index in [1.54, 1.807) is 0 Å². The maximum absolute atomic E-state index is 4.25. The van der Waals surface area contributed by atoms with E-state index in [4.69, 9.17) is 0 Å². The summed E-state index contributed by atoms with van der Waals surface area (Å²) in [7, 11) is 0. The van der Waals surface area contributed by atoms with E-state index in [1.165, 1.54) is 31.4 Å². The van der Waals surface area contributed by atoms with E-state index in [9.17, 15) is 0 Å². The minimum Gasteiger partial charge on any atom is -0.291 e. The highest BCUT2D eigenvalue weighted by Crippen LogP contribution is 2.35. The van der Waals surface area contributed by atoms with Crippen molar-refractivity contribution in [2.75, 3.05) is 6.54 Å². The first-order valence-electron chi connectivity index (χ1n) is 6.26. The molecule has 1 unspecified atom stereocenters. The smallest absolute Gasteiger partial charge is 0.0368 e. The Balaban J connectivity index is 2.24. The number of hydrogen-bond acceptors (Lipinski definition) is 2. The SMILES string of the molecule is CC(C)(C)N1CCCCC1c1cccnc1. The lowest BCUT2D eigenvalue weighted by molar-refractivity contribution is 0.0507. The molecule has 0 aliphatic carbocycles. The fourth-order valence-corrected chi connectivity index (χ4v) is 2.65. The van der Waals surface area contributed by atoms with Crippen LogP contribution in [-0.4, -0.2) is 22.0 Å². The molecule has 1 aromatic heterocycles. The predicted molar refractivity (Wildman–Crippen MR) is 67.3 cm³/mol. The van der Waals surface area contributed by atoms with Gasteiger partial charge in [0.1, 0.15) is 0 Å². The first-order chi connectivity index (χ1) is 7.59. The van der Waals surface area contributed by atoms with Crippen molar-refractivity contribution in [1.82, 2.24) is 9.88 Å². The van der Waals surface area contributed by atoms with Crippen LogP contribution in [-0.2, 0) is 0 Å². The van der Waals surface area contributed by atoms with Crippen LogP contribution in [0.5, 0.6) is 0 Å². The third-order valence-electron chi connectivity index (χ3n) is 3.43. The van der Waals surface area contributed by atoms with Crippen LogP contribution in [0.15, 0.2) is 24.5 Å². The molecule has 2 heteroatoms. The van der Waals surface area contributed by atoms with Crippen molar-refractivity contribution in [3.05, 3.63) is 30.1 Å². The van der Waals surface area contributed by atoms with E-state index < -0.39 is 0 Å². The Morgan fingerprint density at radius 3 is 2.75 bits per heavy atom. The summed E-state index contributed by atoms with van der Waals surface area (Å²) in [6.45, 7) is 8.13. The lowest BCUT2D eigenvalue weighted by Crippen LogP contribution is -2.46. The second-order valence-corrected chi connectivity index (χ2v) is 5.66. The quantitative estimate of drug-likeness (QED) is 0.718. The van der Waals surface area contributed by atoms with Crippen LogP contribution in [0.2, 0.25) is 0 Å². The van der Waals surface area contributed by atoms with Gasteiger partial charge in [0.25, 0.3) is 0 Å². The molecule has 1 saturated heterocycles. The molecule has 1 aliphatic heterocycles. The van der Waals surface area contributed by atoms with Crippen LogP contribution in [0.3, 0.4) is 0 Å². The van der Waals surface area contributed by atoms with Gasteiger partial charge in [-0.1, -0.05) is 12.5 Å². The molecule has 0 bridgehead atoms. The molecular weight excluding hydrogens is 196 g/mol. The second kappa shape index (κ2) is 4.54. The van der Waals surface area contributed by atoms with Crippen molar-refractivity contribution < 1.29 is 0 Å². The van der Waals surface area contributed by atoms with E-state index in [2.05, 4.69) is 36.7 Å². The number of nitrogens with zero attached hydrogens (tertiary/aromatic N) is 2. The van der Waals surface area contributed by atoms with Crippen LogP contribution < -0.4 is 0 Å². The average Bonchev–Trinajstić information content (AvgIpc) is 2.29. The Morgan fingerprint density at radius 2 is 2.12 bits per heavy atom. The Labute approximate surface area is 98.7 Å². The molecular formula is C14H22N2. The molecule has 88 valence electrons. The molecule has 1 fully saturated rings. The zero-order valence-electron chi connectivity index (χ0n) is 10.6. The maximum Gasteiger partial charge on any atom is 0.0368 e. The number of aromatic nitrogens is 1. The summed E-state index contributed by atoms with van der Waals surface area (Å²) in [6.07, 6.45) is 7.81. The molecule has 2 nitrogen and oxygen atoms in total. The third kappa shape index (κ3) is 2.43. The van der Waals surface area contributed by atoms with Gasteiger partial charge in [0.2, 0.25) is 0 Å². The Kier molecular flexibility index (Phi) is 3.29. The van der Waals surface area contributed by atoms with E-state index in [0.29, 0.717) is 6.04 Å². The standard InChI is InChI=1S/C14H22N2/c1-14(2,3)16-10-5-4-8-13(16)12-7-6-9-15-11-12/h6-7,9,11,13H,4-5,8,10H2,1-3H3. The van der Waals surface area contributed by atoms with Crippen molar-refractivity contribution in [3.63, 3.8) is 0 Å². The summed E-state index contributed by atoms with van der Waals surface area (Å²) in [4.78, 5) is 6.87. The molecule has 1 aliphatic rings. The number of piperidine rings is 1. The van der Waals surface area contributed by atoms with E-state index >= 15 is 0 Å². The van der Waals surface area contributed by atoms with Crippen molar-refractivity contribution in [1.29, 1.82) is 0 Å². The maximum atomic E-state index is 4.25. The normalized spacial score (nSPS) is 23.3. The highest BCUT2D eigenvalue weighted by Gasteiger charge is 2.31. The fourth-order valence-electron chi connectivity index (χ4n) is 2.65. The van der Waals surface area contributed by atoms with E-state index in [-0.39, 0.29) is 5.54 Å². The van der Waals surface area contributed by atoms with Gasteiger partial charge in [-0.15, -0.1) is 0 Å². The van der Waals surface area contributed by atoms with Crippen LogP contribution in [0, 0.1) is 0 Å². The number of pyridine rings is 1. The summed E-state index contributed by atoms with van der Waals surface area (Å²) in [6, 6.07) is 4.81. The number of likely N-dealkylation sites (tertiary alicyclic amines) is 1. The van der Waals surface area contributed by atoms with Gasteiger partial charge in [-0.25, -0.2) is 0 Å². The minimum atomic E-state index is 0.251. The lowest BCUT2D eigenvalue weighted by atomic mass is 9.91. The third-order valence-corrected chi connectivity index (χ3v) is 3.43. The summed E-state index contributed by atoms with van der Waals surface area (Å²) < 4.78 is 0. The van der Waals surface area contributed by atoms with Gasteiger partial charge in [0.15, 0.2) is 0 Å².